The molecular weight excluding hydrogens is 364 g/mol. The van der Waals surface area contributed by atoms with Gasteiger partial charge in [-0.05, 0) is 55.8 Å². The fourth-order valence-electron chi connectivity index (χ4n) is 3.42. The summed E-state index contributed by atoms with van der Waals surface area (Å²) in [6.07, 6.45) is 1.76. The largest absolute Gasteiger partial charge is 0.366 e. The Hall–Kier alpha value is -3.93. The van der Waals surface area contributed by atoms with E-state index in [1.165, 1.54) is 5.56 Å². The molecule has 2 amide bonds. The van der Waals surface area contributed by atoms with Gasteiger partial charge in [0, 0.05) is 5.56 Å². The summed E-state index contributed by atoms with van der Waals surface area (Å²) >= 11 is 0. The highest BCUT2D eigenvalue weighted by atomic mass is 16.2. The number of aromatic nitrogens is 2. The Balaban J connectivity index is 1.67. The normalized spacial score (nSPS) is 10.8. The molecule has 1 aromatic heterocycles. The minimum absolute atomic E-state index is 0.265. The molecule has 0 fully saturated rings. The molecule has 3 N–H and O–H groups in total. The lowest BCUT2D eigenvalue weighted by atomic mass is 10.1. The van der Waals surface area contributed by atoms with Crippen molar-refractivity contribution in [2.75, 3.05) is 5.32 Å². The van der Waals surface area contributed by atoms with E-state index in [1.807, 2.05) is 10.6 Å². The lowest BCUT2D eigenvalue weighted by molar-refractivity contribution is 0.100. The highest BCUT2D eigenvalue weighted by Gasteiger charge is 2.14. The van der Waals surface area contributed by atoms with Gasteiger partial charge >= 0.3 is 0 Å². The number of hydrogen-bond donors (Lipinski definition) is 2. The van der Waals surface area contributed by atoms with E-state index in [4.69, 9.17) is 5.73 Å². The van der Waals surface area contributed by atoms with Gasteiger partial charge in [0.05, 0.1) is 28.0 Å². The molecule has 0 saturated heterocycles. The van der Waals surface area contributed by atoms with Gasteiger partial charge in [-0.25, -0.2) is 4.98 Å². The van der Waals surface area contributed by atoms with Crippen LogP contribution in [0.15, 0.2) is 67.0 Å². The molecule has 1 heterocycles. The quantitative estimate of drug-likeness (QED) is 0.557. The van der Waals surface area contributed by atoms with Gasteiger partial charge in [0.15, 0.2) is 0 Å². The number of anilines is 1. The number of carbonyl (C=O) groups excluding carboxylic acids is 2. The number of imidazole rings is 1. The Morgan fingerprint density at radius 2 is 1.79 bits per heavy atom. The number of nitrogens with two attached hydrogens (primary N) is 1. The molecule has 0 radical (unpaired) electrons. The first-order valence-corrected chi connectivity index (χ1v) is 9.19. The van der Waals surface area contributed by atoms with Crippen molar-refractivity contribution in [2.24, 2.45) is 5.73 Å². The molecule has 0 aliphatic rings. The van der Waals surface area contributed by atoms with Crippen molar-refractivity contribution in [2.45, 2.75) is 13.8 Å². The number of nitrogens with one attached hydrogen (secondary N) is 1. The minimum Gasteiger partial charge on any atom is -0.366 e. The van der Waals surface area contributed by atoms with E-state index in [9.17, 15) is 9.59 Å². The molecule has 6 nitrogen and oxygen atoms in total. The van der Waals surface area contributed by atoms with Gasteiger partial charge < -0.3 is 11.1 Å². The van der Waals surface area contributed by atoms with Gasteiger partial charge in [-0.1, -0.05) is 29.8 Å². The monoisotopic (exact) mass is 384 g/mol. The Morgan fingerprint density at radius 3 is 2.55 bits per heavy atom. The molecule has 0 spiro atoms. The zero-order valence-corrected chi connectivity index (χ0v) is 16.1. The molecule has 0 saturated carbocycles. The lowest BCUT2D eigenvalue weighted by Gasteiger charge is -2.10. The summed E-state index contributed by atoms with van der Waals surface area (Å²) in [5, 5.41) is 2.75. The maximum absolute atomic E-state index is 12.7. The third kappa shape index (κ3) is 3.48. The zero-order chi connectivity index (χ0) is 20.5. The van der Waals surface area contributed by atoms with Crippen LogP contribution in [-0.2, 0) is 0 Å². The predicted molar refractivity (Wildman–Crippen MR) is 113 cm³/mol. The maximum atomic E-state index is 12.7. The third-order valence-electron chi connectivity index (χ3n) is 4.86. The number of para-hydroxylation sites is 1. The number of hydrogen-bond acceptors (Lipinski definition) is 3. The summed E-state index contributed by atoms with van der Waals surface area (Å²) in [5.41, 5.74) is 11.5. The lowest BCUT2D eigenvalue weighted by Crippen LogP contribution is -2.18. The predicted octanol–water partition coefficient (Wildman–Crippen LogP) is 3.99. The van der Waals surface area contributed by atoms with Gasteiger partial charge in [0.1, 0.15) is 6.33 Å². The highest BCUT2D eigenvalue weighted by Crippen LogP contribution is 2.23. The van der Waals surface area contributed by atoms with Crippen LogP contribution in [-0.4, -0.2) is 21.4 Å². The molecule has 6 heteroatoms. The number of amides is 2. The number of aryl methyl sites for hydroxylation is 2. The van der Waals surface area contributed by atoms with Crippen LogP contribution in [0.4, 0.5) is 5.69 Å². The number of benzene rings is 3. The Bertz CT molecular complexity index is 1260. The second kappa shape index (κ2) is 7.24. The standard InChI is InChI=1S/C23H20N4O2/c1-14-7-9-20(15(2)11-14)27-13-25-19-12-16(8-10-21(19)27)23(29)26-18-6-4-3-5-17(18)22(24)28/h3-13H,1-2H3,(H2,24,28)(H,26,29). The average molecular weight is 384 g/mol. The average Bonchev–Trinajstić information content (AvgIpc) is 3.11. The molecule has 4 aromatic rings. The molecule has 144 valence electrons. The van der Waals surface area contributed by atoms with Crippen LogP contribution in [0.1, 0.15) is 31.8 Å². The Labute approximate surface area is 168 Å². The van der Waals surface area contributed by atoms with Crippen molar-refractivity contribution in [3.8, 4) is 5.69 Å². The second-order valence-corrected chi connectivity index (χ2v) is 6.97. The number of primary amides is 1. The molecule has 3 aromatic carbocycles. The van der Waals surface area contributed by atoms with Gasteiger partial charge in [0.2, 0.25) is 0 Å². The van der Waals surface area contributed by atoms with Crippen LogP contribution in [0.2, 0.25) is 0 Å². The van der Waals surface area contributed by atoms with Crippen molar-refractivity contribution in [1.29, 1.82) is 0 Å². The van der Waals surface area contributed by atoms with Crippen molar-refractivity contribution in [1.82, 2.24) is 9.55 Å². The van der Waals surface area contributed by atoms with E-state index < -0.39 is 5.91 Å². The second-order valence-electron chi connectivity index (χ2n) is 6.97. The van der Waals surface area contributed by atoms with E-state index in [-0.39, 0.29) is 11.5 Å². The first kappa shape index (κ1) is 18.4. The fraction of sp³-hybridized carbons (Fsp3) is 0.0870. The van der Waals surface area contributed by atoms with Gasteiger partial charge in [-0.15, -0.1) is 0 Å². The molecule has 0 aliphatic heterocycles. The summed E-state index contributed by atoms with van der Waals surface area (Å²) < 4.78 is 2.01. The summed E-state index contributed by atoms with van der Waals surface area (Å²) in [6.45, 7) is 4.12. The van der Waals surface area contributed by atoms with E-state index in [0.717, 1.165) is 16.8 Å². The summed E-state index contributed by atoms with van der Waals surface area (Å²) in [6, 6.07) is 18.2. The molecule has 0 unspecified atom stereocenters. The van der Waals surface area contributed by atoms with Crippen molar-refractivity contribution in [3.63, 3.8) is 0 Å². The van der Waals surface area contributed by atoms with Crippen LogP contribution >= 0.6 is 0 Å². The van der Waals surface area contributed by atoms with Crippen LogP contribution in [0.3, 0.4) is 0 Å². The topological polar surface area (TPSA) is 90.0 Å². The Kier molecular flexibility index (Phi) is 4.60. The van der Waals surface area contributed by atoms with Gasteiger partial charge in [-0.3, -0.25) is 14.2 Å². The molecule has 0 aliphatic carbocycles. The summed E-state index contributed by atoms with van der Waals surface area (Å²) in [5.74, 6) is -0.926. The smallest absolute Gasteiger partial charge is 0.255 e. The molecule has 4 rings (SSSR count). The maximum Gasteiger partial charge on any atom is 0.255 e. The van der Waals surface area contributed by atoms with E-state index >= 15 is 0 Å². The van der Waals surface area contributed by atoms with Gasteiger partial charge in [-0.2, -0.15) is 0 Å². The van der Waals surface area contributed by atoms with Crippen molar-refractivity contribution < 1.29 is 9.59 Å². The van der Waals surface area contributed by atoms with E-state index in [2.05, 4.69) is 42.3 Å². The van der Waals surface area contributed by atoms with Crippen molar-refractivity contribution >= 4 is 28.5 Å². The first-order chi connectivity index (χ1) is 13.9. The molecular formula is C23H20N4O2. The number of fused-ring (bicyclic) bond motifs is 1. The summed E-state index contributed by atoms with van der Waals surface area (Å²) in [4.78, 5) is 28.7. The fourth-order valence-corrected chi connectivity index (χ4v) is 3.42. The SMILES string of the molecule is Cc1ccc(-n2cnc3cc(C(=O)Nc4ccccc4C(N)=O)ccc32)c(C)c1. The first-order valence-electron chi connectivity index (χ1n) is 9.19. The van der Waals surface area contributed by atoms with Crippen LogP contribution in [0.25, 0.3) is 16.7 Å². The molecule has 0 atom stereocenters. The number of rotatable bonds is 4. The Morgan fingerprint density at radius 1 is 1.00 bits per heavy atom. The van der Waals surface area contributed by atoms with E-state index in [1.54, 1.807) is 42.7 Å². The van der Waals surface area contributed by atoms with Crippen LogP contribution < -0.4 is 11.1 Å². The van der Waals surface area contributed by atoms with E-state index in [0.29, 0.717) is 16.8 Å². The highest BCUT2D eigenvalue weighted by molar-refractivity contribution is 6.09. The van der Waals surface area contributed by atoms with Gasteiger partial charge in [0.25, 0.3) is 11.8 Å². The zero-order valence-electron chi connectivity index (χ0n) is 16.1. The molecule has 0 bridgehead atoms. The number of nitrogens with zero attached hydrogens (tertiary/aromatic N) is 2. The van der Waals surface area contributed by atoms with Crippen LogP contribution in [0.5, 0.6) is 0 Å². The number of carbonyl (C=O) groups is 2. The minimum atomic E-state index is -0.594. The molecule has 29 heavy (non-hydrogen) atoms. The van der Waals surface area contributed by atoms with Crippen LogP contribution in [0, 0.1) is 13.8 Å². The summed E-state index contributed by atoms with van der Waals surface area (Å²) in [7, 11) is 0. The third-order valence-corrected chi connectivity index (χ3v) is 4.86. The van der Waals surface area contributed by atoms with Crippen molar-refractivity contribution in [3.05, 3.63) is 89.2 Å².